The average molecular weight is 356 g/mol. The Balaban J connectivity index is 2.01. The third kappa shape index (κ3) is 4.20. The number of hydrogen-bond donors (Lipinski definition) is 2. The lowest BCUT2D eigenvalue weighted by atomic mass is 10.2. The zero-order chi connectivity index (χ0) is 13.8. The van der Waals surface area contributed by atoms with E-state index < -0.39 is 0 Å². The number of aryl methyl sites for hydroxylation is 1. The van der Waals surface area contributed by atoms with Crippen LogP contribution in [0.15, 0.2) is 46.9 Å². The normalized spacial score (nSPS) is 10.1. The third-order valence-corrected chi connectivity index (χ3v) is 3.67. The molecule has 19 heavy (non-hydrogen) atoms. The number of rotatable bonds is 2. The fourth-order valence-electron chi connectivity index (χ4n) is 1.50. The molecule has 0 spiro atoms. The molecule has 2 aromatic carbocycles. The van der Waals surface area contributed by atoms with Crippen molar-refractivity contribution in [3.05, 3.63) is 57.5 Å². The van der Waals surface area contributed by atoms with Crippen LogP contribution in [0.5, 0.6) is 0 Å². The summed E-state index contributed by atoms with van der Waals surface area (Å²) in [7, 11) is 0. The van der Waals surface area contributed by atoms with Crippen molar-refractivity contribution < 1.29 is 0 Å². The van der Waals surface area contributed by atoms with Crippen molar-refractivity contribution in [2.75, 3.05) is 10.6 Å². The van der Waals surface area contributed by atoms with E-state index in [1.165, 1.54) is 0 Å². The van der Waals surface area contributed by atoms with Crippen molar-refractivity contribution in [1.29, 1.82) is 0 Å². The van der Waals surface area contributed by atoms with Gasteiger partial charge in [-0.15, -0.1) is 0 Å². The highest BCUT2D eigenvalue weighted by Gasteiger charge is 2.01. The molecule has 2 rings (SSSR count). The Kier molecular flexibility index (Phi) is 4.80. The Labute approximate surface area is 131 Å². The van der Waals surface area contributed by atoms with Crippen LogP contribution >= 0.6 is 39.7 Å². The summed E-state index contributed by atoms with van der Waals surface area (Å²) in [6, 6.07) is 13.5. The number of thiocarbonyl (C=S) groups is 1. The molecule has 0 aromatic heterocycles. The van der Waals surface area contributed by atoms with Gasteiger partial charge < -0.3 is 10.6 Å². The van der Waals surface area contributed by atoms with Gasteiger partial charge in [-0.05, 0) is 61.1 Å². The fourth-order valence-corrected chi connectivity index (χ4v) is 2.18. The van der Waals surface area contributed by atoms with Crippen molar-refractivity contribution in [1.82, 2.24) is 0 Å². The smallest absolute Gasteiger partial charge is 0.175 e. The van der Waals surface area contributed by atoms with Gasteiger partial charge in [0.15, 0.2) is 5.11 Å². The van der Waals surface area contributed by atoms with E-state index in [4.69, 9.17) is 23.8 Å². The Morgan fingerprint density at radius 2 is 1.63 bits per heavy atom. The summed E-state index contributed by atoms with van der Waals surface area (Å²) >= 11 is 14.7. The zero-order valence-corrected chi connectivity index (χ0v) is 13.4. The highest BCUT2D eigenvalue weighted by Crippen LogP contribution is 2.20. The van der Waals surface area contributed by atoms with Crippen LogP contribution in [0.3, 0.4) is 0 Å². The number of benzene rings is 2. The van der Waals surface area contributed by atoms with Gasteiger partial charge in [-0.1, -0.05) is 33.6 Å². The first-order valence-electron chi connectivity index (χ1n) is 5.64. The molecule has 0 saturated heterocycles. The van der Waals surface area contributed by atoms with E-state index in [0.717, 1.165) is 26.4 Å². The van der Waals surface area contributed by atoms with Crippen LogP contribution in [-0.4, -0.2) is 5.11 Å². The van der Waals surface area contributed by atoms with Gasteiger partial charge in [0, 0.05) is 20.9 Å². The van der Waals surface area contributed by atoms with Gasteiger partial charge in [0.25, 0.3) is 0 Å². The minimum absolute atomic E-state index is 0.530. The summed E-state index contributed by atoms with van der Waals surface area (Å²) in [6.07, 6.45) is 0. The minimum atomic E-state index is 0.530. The molecule has 98 valence electrons. The molecule has 5 heteroatoms. The van der Waals surface area contributed by atoms with Crippen molar-refractivity contribution in [2.45, 2.75) is 6.92 Å². The van der Waals surface area contributed by atoms with Crippen LogP contribution < -0.4 is 10.6 Å². The molecule has 0 aliphatic rings. The molecule has 2 nitrogen and oxygen atoms in total. The fraction of sp³-hybridized carbons (Fsp3) is 0.0714. The molecule has 0 aliphatic heterocycles. The van der Waals surface area contributed by atoms with Crippen LogP contribution in [0.4, 0.5) is 11.4 Å². The number of nitrogens with one attached hydrogen (secondary N) is 2. The highest BCUT2D eigenvalue weighted by atomic mass is 79.9. The Morgan fingerprint density at radius 3 is 2.26 bits per heavy atom. The van der Waals surface area contributed by atoms with E-state index in [1.54, 1.807) is 0 Å². The predicted molar refractivity (Wildman–Crippen MR) is 90.2 cm³/mol. The summed E-state index contributed by atoms with van der Waals surface area (Å²) in [6.45, 7) is 1.96. The molecule has 0 unspecified atom stereocenters. The second-order valence-corrected chi connectivity index (χ2v) is 5.78. The van der Waals surface area contributed by atoms with Crippen molar-refractivity contribution in [3.8, 4) is 0 Å². The van der Waals surface area contributed by atoms with E-state index in [0.29, 0.717) is 5.11 Å². The van der Waals surface area contributed by atoms with Gasteiger partial charge in [-0.3, -0.25) is 0 Å². The van der Waals surface area contributed by atoms with Crippen molar-refractivity contribution in [3.63, 3.8) is 0 Å². The van der Waals surface area contributed by atoms with Gasteiger partial charge in [-0.2, -0.15) is 0 Å². The lowest BCUT2D eigenvalue weighted by Crippen LogP contribution is -2.18. The second kappa shape index (κ2) is 6.37. The van der Waals surface area contributed by atoms with Crippen LogP contribution in [-0.2, 0) is 0 Å². The van der Waals surface area contributed by atoms with Crippen LogP contribution in [0.2, 0.25) is 5.02 Å². The largest absolute Gasteiger partial charge is 0.332 e. The Morgan fingerprint density at radius 1 is 1.05 bits per heavy atom. The lowest BCUT2D eigenvalue weighted by molar-refractivity contribution is 1.46. The molecule has 0 bridgehead atoms. The van der Waals surface area contributed by atoms with E-state index in [-0.39, 0.29) is 0 Å². The molecule has 2 aromatic rings. The Hall–Kier alpha value is -1.10. The number of halogens is 2. The third-order valence-electron chi connectivity index (χ3n) is 2.53. The summed E-state index contributed by atoms with van der Waals surface area (Å²) in [5.41, 5.74) is 2.84. The molecule has 0 aliphatic carbocycles. The summed E-state index contributed by atoms with van der Waals surface area (Å²) in [4.78, 5) is 0. The van der Waals surface area contributed by atoms with Gasteiger partial charge in [0.05, 0.1) is 0 Å². The maximum atomic E-state index is 6.07. The van der Waals surface area contributed by atoms with Crippen LogP contribution in [0, 0.1) is 6.92 Å². The monoisotopic (exact) mass is 354 g/mol. The molecule has 0 atom stereocenters. The van der Waals surface area contributed by atoms with E-state index in [1.807, 2.05) is 49.4 Å². The van der Waals surface area contributed by atoms with Crippen LogP contribution in [0.25, 0.3) is 0 Å². The van der Waals surface area contributed by atoms with Gasteiger partial charge in [0.2, 0.25) is 0 Å². The van der Waals surface area contributed by atoms with Crippen LogP contribution in [0.1, 0.15) is 5.56 Å². The zero-order valence-electron chi connectivity index (χ0n) is 10.2. The molecule has 0 amide bonds. The molecule has 2 N–H and O–H groups in total. The summed E-state index contributed by atoms with van der Waals surface area (Å²) < 4.78 is 1.03. The first-order chi connectivity index (χ1) is 9.04. The van der Waals surface area contributed by atoms with Crippen molar-refractivity contribution in [2.24, 2.45) is 0 Å². The van der Waals surface area contributed by atoms with Gasteiger partial charge >= 0.3 is 0 Å². The summed E-state index contributed by atoms with van der Waals surface area (Å²) in [5.74, 6) is 0. The first kappa shape index (κ1) is 14.3. The molecule has 0 saturated carbocycles. The van der Waals surface area contributed by atoms with Gasteiger partial charge in [0.1, 0.15) is 0 Å². The standard InChI is InChI=1S/C14H12BrClN2S/c1-9-2-5-12(8-13(9)16)18-14(19)17-11-6-3-10(15)4-7-11/h2-8H,1H3,(H2,17,18,19). The molecule has 0 heterocycles. The molecule has 0 radical (unpaired) electrons. The van der Waals surface area contributed by atoms with E-state index in [9.17, 15) is 0 Å². The SMILES string of the molecule is Cc1ccc(NC(=S)Nc2ccc(Br)cc2)cc1Cl. The predicted octanol–water partition coefficient (Wildman–Crippen LogP) is 5.22. The quantitative estimate of drug-likeness (QED) is 0.722. The number of anilines is 2. The van der Waals surface area contributed by atoms with E-state index >= 15 is 0 Å². The molecular weight excluding hydrogens is 344 g/mol. The summed E-state index contributed by atoms with van der Waals surface area (Å²) in [5, 5.41) is 7.45. The maximum absolute atomic E-state index is 6.07. The Bertz CT molecular complexity index is 599. The number of hydrogen-bond acceptors (Lipinski definition) is 1. The lowest BCUT2D eigenvalue weighted by Gasteiger charge is -2.11. The highest BCUT2D eigenvalue weighted by molar-refractivity contribution is 9.10. The second-order valence-electron chi connectivity index (χ2n) is 4.05. The molecular formula is C14H12BrClN2S. The average Bonchev–Trinajstić information content (AvgIpc) is 2.37. The first-order valence-corrected chi connectivity index (χ1v) is 7.22. The topological polar surface area (TPSA) is 24.1 Å². The minimum Gasteiger partial charge on any atom is -0.332 e. The van der Waals surface area contributed by atoms with E-state index in [2.05, 4.69) is 26.6 Å². The van der Waals surface area contributed by atoms with Crippen molar-refractivity contribution >= 4 is 56.2 Å². The maximum Gasteiger partial charge on any atom is 0.175 e. The molecule has 0 fully saturated rings. The van der Waals surface area contributed by atoms with Gasteiger partial charge in [-0.25, -0.2) is 0 Å².